The number of aryl methyl sites for hydroxylation is 1. The van der Waals surface area contributed by atoms with Crippen LogP contribution in [0, 0.1) is 18.6 Å². The third-order valence-corrected chi connectivity index (χ3v) is 6.02. The number of amides is 1. The van der Waals surface area contributed by atoms with E-state index in [-0.39, 0.29) is 17.6 Å². The number of benzene rings is 2. The van der Waals surface area contributed by atoms with E-state index in [9.17, 15) is 18.4 Å². The third-order valence-electron chi connectivity index (χ3n) is 6.02. The molecule has 2 aromatic carbocycles. The summed E-state index contributed by atoms with van der Waals surface area (Å²) in [6.07, 6.45) is 5.61. The molecule has 4 aromatic rings. The van der Waals surface area contributed by atoms with E-state index in [1.165, 1.54) is 13.2 Å². The van der Waals surface area contributed by atoms with Crippen LogP contribution in [-0.4, -0.2) is 33.6 Å². The fourth-order valence-electron chi connectivity index (χ4n) is 4.00. The van der Waals surface area contributed by atoms with E-state index in [1.54, 1.807) is 24.3 Å². The summed E-state index contributed by atoms with van der Waals surface area (Å²) in [6.45, 7) is 1.82. The van der Waals surface area contributed by atoms with E-state index in [0.29, 0.717) is 47.7 Å². The Morgan fingerprint density at radius 1 is 0.921 bits per heavy atom. The number of fused-ring (bicyclic) bond motifs is 1. The molecule has 0 radical (unpaired) electrons. The van der Waals surface area contributed by atoms with E-state index >= 15 is 0 Å². The number of rotatable bonds is 11. The molecular formula is C28H28F2N4O4. The van der Waals surface area contributed by atoms with Crippen LogP contribution in [0.1, 0.15) is 44.3 Å². The number of pyridine rings is 1. The van der Waals surface area contributed by atoms with Crippen LogP contribution in [0.3, 0.4) is 0 Å². The van der Waals surface area contributed by atoms with E-state index < -0.39 is 11.6 Å². The molecule has 0 bridgehead atoms. The number of hydrogen-bond donors (Lipinski definition) is 1. The van der Waals surface area contributed by atoms with Crippen molar-refractivity contribution >= 4 is 23.2 Å². The Bertz CT molecular complexity index is 1450. The molecule has 0 saturated heterocycles. The van der Waals surface area contributed by atoms with Crippen molar-refractivity contribution in [3.8, 4) is 22.6 Å². The van der Waals surface area contributed by atoms with Gasteiger partial charge in [-0.15, -0.1) is 10.2 Å². The molecule has 2 heterocycles. The van der Waals surface area contributed by atoms with Gasteiger partial charge in [0, 0.05) is 41.9 Å². The molecule has 2 aromatic heterocycles. The van der Waals surface area contributed by atoms with Gasteiger partial charge in [0.2, 0.25) is 5.91 Å². The number of carbonyl (C=O) groups is 2. The zero-order valence-corrected chi connectivity index (χ0v) is 21.2. The number of anilines is 1. The number of hydrogen-bond acceptors (Lipinski definition) is 6. The number of methoxy groups -OCH3 is 1. The second-order valence-electron chi connectivity index (χ2n) is 8.82. The molecule has 0 aliphatic rings. The smallest absolute Gasteiger partial charge is 0.305 e. The maximum absolute atomic E-state index is 14.3. The van der Waals surface area contributed by atoms with Crippen molar-refractivity contribution in [1.29, 1.82) is 0 Å². The standard InChI is InChI=1S/C28H28F2N4O4/c1-18-32-33-26-14-9-19(17-34(18)26)22-16-21(31-27(35)7-5-3-4-6-8-28(36)37-2)11-13-24(22)38-25-12-10-20(29)15-23(25)30/h9-17H,3-8H2,1-2H3,(H,31,35). The lowest BCUT2D eigenvalue weighted by atomic mass is 10.0. The largest absolute Gasteiger partial charge is 0.469 e. The Morgan fingerprint density at radius 3 is 2.45 bits per heavy atom. The molecular weight excluding hydrogens is 494 g/mol. The Labute approximate surface area is 218 Å². The normalized spacial score (nSPS) is 10.9. The Kier molecular flexibility index (Phi) is 8.62. The number of esters is 1. The Balaban J connectivity index is 1.51. The summed E-state index contributed by atoms with van der Waals surface area (Å²) in [5.41, 5.74) is 2.52. The maximum atomic E-state index is 14.3. The van der Waals surface area contributed by atoms with Gasteiger partial charge in [-0.25, -0.2) is 8.78 Å². The third kappa shape index (κ3) is 6.70. The first-order valence-electron chi connectivity index (χ1n) is 12.3. The highest BCUT2D eigenvalue weighted by Crippen LogP contribution is 2.37. The summed E-state index contributed by atoms with van der Waals surface area (Å²) in [6, 6.07) is 11.8. The molecule has 38 heavy (non-hydrogen) atoms. The number of nitrogens with one attached hydrogen (secondary N) is 1. The van der Waals surface area contributed by atoms with Crippen LogP contribution in [-0.2, 0) is 14.3 Å². The fraction of sp³-hybridized carbons (Fsp3) is 0.286. The highest BCUT2D eigenvalue weighted by atomic mass is 19.1. The molecule has 1 amide bonds. The van der Waals surface area contributed by atoms with E-state index in [2.05, 4.69) is 20.3 Å². The molecule has 0 saturated carbocycles. The van der Waals surface area contributed by atoms with Gasteiger partial charge in [-0.2, -0.15) is 0 Å². The lowest BCUT2D eigenvalue weighted by molar-refractivity contribution is -0.140. The predicted octanol–water partition coefficient (Wildman–Crippen LogP) is 6.23. The number of ether oxygens (including phenoxy) is 2. The Morgan fingerprint density at radius 2 is 1.68 bits per heavy atom. The first-order valence-corrected chi connectivity index (χ1v) is 12.3. The van der Waals surface area contributed by atoms with Crippen molar-refractivity contribution in [3.63, 3.8) is 0 Å². The molecule has 8 nitrogen and oxygen atoms in total. The predicted molar refractivity (Wildman–Crippen MR) is 138 cm³/mol. The molecule has 0 aliphatic carbocycles. The summed E-state index contributed by atoms with van der Waals surface area (Å²) in [4.78, 5) is 23.7. The number of unbranched alkanes of at least 4 members (excludes halogenated alkanes) is 3. The van der Waals surface area contributed by atoms with Crippen LogP contribution >= 0.6 is 0 Å². The van der Waals surface area contributed by atoms with Gasteiger partial charge < -0.3 is 14.8 Å². The van der Waals surface area contributed by atoms with Crippen molar-refractivity contribution in [1.82, 2.24) is 14.6 Å². The van der Waals surface area contributed by atoms with Gasteiger partial charge in [-0.1, -0.05) is 12.8 Å². The molecule has 0 spiro atoms. The summed E-state index contributed by atoms with van der Waals surface area (Å²) in [5.74, 6) is -1.03. The van der Waals surface area contributed by atoms with Gasteiger partial charge in [0.05, 0.1) is 7.11 Å². The van der Waals surface area contributed by atoms with Crippen molar-refractivity contribution in [2.45, 2.75) is 45.4 Å². The maximum Gasteiger partial charge on any atom is 0.305 e. The fourth-order valence-corrected chi connectivity index (χ4v) is 4.00. The number of aromatic nitrogens is 3. The van der Waals surface area contributed by atoms with E-state index in [4.69, 9.17) is 4.74 Å². The molecule has 10 heteroatoms. The summed E-state index contributed by atoms with van der Waals surface area (Å²) in [7, 11) is 1.37. The van der Waals surface area contributed by atoms with Crippen LogP contribution in [0.5, 0.6) is 11.5 Å². The first kappa shape index (κ1) is 26.7. The number of nitrogens with zero attached hydrogens (tertiary/aromatic N) is 3. The van der Waals surface area contributed by atoms with Gasteiger partial charge in [-0.05, 0) is 62.2 Å². The van der Waals surface area contributed by atoms with Crippen molar-refractivity contribution < 1.29 is 27.8 Å². The quantitative estimate of drug-likeness (QED) is 0.185. The van der Waals surface area contributed by atoms with Crippen LogP contribution in [0.2, 0.25) is 0 Å². The molecule has 0 aliphatic heterocycles. The average Bonchev–Trinajstić information content (AvgIpc) is 3.28. The topological polar surface area (TPSA) is 94.8 Å². The molecule has 1 N–H and O–H groups in total. The highest BCUT2D eigenvalue weighted by molar-refractivity contribution is 5.92. The van der Waals surface area contributed by atoms with Crippen LogP contribution < -0.4 is 10.1 Å². The summed E-state index contributed by atoms with van der Waals surface area (Å²) in [5, 5.41) is 11.1. The first-order chi connectivity index (χ1) is 18.3. The van der Waals surface area contributed by atoms with Crippen molar-refractivity contribution in [2.75, 3.05) is 12.4 Å². The zero-order chi connectivity index (χ0) is 27.1. The minimum absolute atomic E-state index is 0.127. The molecule has 0 unspecified atom stereocenters. The lowest BCUT2D eigenvalue weighted by Crippen LogP contribution is -2.11. The SMILES string of the molecule is COC(=O)CCCCCCC(=O)Nc1ccc(Oc2ccc(F)cc2F)c(-c2ccc3nnc(C)n3c2)c1. The van der Waals surface area contributed by atoms with Crippen LogP contribution in [0.4, 0.5) is 14.5 Å². The minimum atomic E-state index is -0.829. The summed E-state index contributed by atoms with van der Waals surface area (Å²) >= 11 is 0. The average molecular weight is 523 g/mol. The van der Waals surface area contributed by atoms with E-state index in [1.807, 2.05) is 23.6 Å². The minimum Gasteiger partial charge on any atom is -0.469 e. The summed E-state index contributed by atoms with van der Waals surface area (Å²) < 4.78 is 40.0. The highest BCUT2D eigenvalue weighted by Gasteiger charge is 2.15. The Hall–Kier alpha value is -4.34. The molecule has 0 fully saturated rings. The van der Waals surface area contributed by atoms with Gasteiger partial charge >= 0.3 is 5.97 Å². The second-order valence-corrected chi connectivity index (χ2v) is 8.82. The molecule has 4 rings (SSSR count). The van der Waals surface area contributed by atoms with Gasteiger partial charge in [0.1, 0.15) is 17.4 Å². The van der Waals surface area contributed by atoms with Crippen molar-refractivity contribution in [3.05, 3.63) is 72.2 Å². The zero-order valence-electron chi connectivity index (χ0n) is 21.2. The van der Waals surface area contributed by atoms with Gasteiger partial charge in [0.15, 0.2) is 17.2 Å². The van der Waals surface area contributed by atoms with Gasteiger partial charge in [0.25, 0.3) is 0 Å². The van der Waals surface area contributed by atoms with Crippen molar-refractivity contribution in [2.24, 2.45) is 0 Å². The number of carbonyl (C=O) groups excluding carboxylic acids is 2. The van der Waals surface area contributed by atoms with Crippen LogP contribution in [0.15, 0.2) is 54.7 Å². The monoisotopic (exact) mass is 522 g/mol. The molecule has 0 atom stereocenters. The molecule has 198 valence electrons. The van der Waals surface area contributed by atoms with Gasteiger partial charge in [-0.3, -0.25) is 14.0 Å². The van der Waals surface area contributed by atoms with E-state index in [0.717, 1.165) is 37.0 Å². The number of halogens is 2. The second kappa shape index (κ2) is 12.3. The lowest BCUT2D eigenvalue weighted by Gasteiger charge is -2.15. The van der Waals surface area contributed by atoms with Crippen LogP contribution in [0.25, 0.3) is 16.8 Å².